The standard InChI is InChI=1S/C15H17N3O5/c1-2-22-12-4-3-11(5-16-12)14(20)17-6-10(7-17)8-18-13(19)9-23-15(18)21/h3-5,10H,2,6-9H2,1H3. The van der Waals surface area contributed by atoms with Crippen LogP contribution in [0, 0.1) is 5.92 Å². The van der Waals surface area contributed by atoms with E-state index in [4.69, 9.17) is 4.74 Å². The number of cyclic esters (lactones) is 1. The molecule has 0 spiro atoms. The van der Waals surface area contributed by atoms with E-state index in [9.17, 15) is 14.4 Å². The molecule has 23 heavy (non-hydrogen) atoms. The highest BCUT2D eigenvalue weighted by Gasteiger charge is 2.38. The minimum Gasteiger partial charge on any atom is -0.478 e. The van der Waals surface area contributed by atoms with Crippen LogP contribution in [0.2, 0.25) is 0 Å². The molecule has 0 aliphatic carbocycles. The van der Waals surface area contributed by atoms with Gasteiger partial charge < -0.3 is 14.4 Å². The Balaban J connectivity index is 1.51. The third-order valence-electron chi connectivity index (χ3n) is 3.80. The second-order valence-corrected chi connectivity index (χ2v) is 5.45. The maximum atomic E-state index is 12.3. The van der Waals surface area contributed by atoms with Crippen molar-refractivity contribution in [3.05, 3.63) is 23.9 Å². The van der Waals surface area contributed by atoms with E-state index >= 15 is 0 Å². The third kappa shape index (κ3) is 3.10. The predicted octanol–water partition coefficient (Wildman–Crippen LogP) is 0.531. The van der Waals surface area contributed by atoms with Gasteiger partial charge >= 0.3 is 6.09 Å². The van der Waals surface area contributed by atoms with E-state index in [0.29, 0.717) is 37.7 Å². The van der Waals surface area contributed by atoms with Gasteiger partial charge in [0.15, 0.2) is 6.61 Å². The molecule has 2 aliphatic rings. The number of ether oxygens (including phenoxy) is 2. The van der Waals surface area contributed by atoms with E-state index in [1.165, 1.54) is 6.20 Å². The summed E-state index contributed by atoms with van der Waals surface area (Å²) in [6, 6.07) is 3.34. The molecule has 2 aliphatic heterocycles. The third-order valence-corrected chi connectivity index (χ3v) is 3.80. The Morgan fingerprint density at radius 1 is 1.39 bits per heavy atom. The molecule has 0 atom stereocenters. The van der Waals surface area contributed by atoms with Gasteiger partial charge in [-0.25, -0.2) is 14.7 Å². The van der Waals surface area contributed by atoms with Crippen LogP contribution in [0.25, 0.3) is 0 Å². The van der Waals surface area contributed by atoms with Crippen molar-refractivity contribution in [1.82, 2.24) is 14.8 Å². The summed E-state index contributed by atoms with van der Waals surface area (Å²) in [5, 5.41) is 0. The summed E-state index contributed by atoms with van der Waals surface area (Å²) in [4.78, 5) is 41.9. The lowest BCUT2D eigenvalue weighted by molar-refractivity contribution is -0.126. The number of hydrogen-bond donors (Lipinski definition) is 0. The van der Waals surface area contributed by atoms with E-state index < -0.39 is 6.09 Å². The van der Waals surface area contributed by atoms with Crippen LogP contribution in [0.15, 0.2) is 18.3 Å². The van der Waals surface area contributed by atoms with Gasteiger partial charge in [0.25, 0.3) is 11.8 Å². The maximum absolute atomic E-state index is 12.3. The van der Waals surface area contributed by atoms with Crippen LogP contribution >= 0.6 is 0 Å². The summed E-state index contributed by atoms with van der Waals surface area (Å²) >= 11 is 0. The minimum absolute atomic E-state index is 0.0872. The number of amides is 3. The lowest BCUT2D eigenvalue weighted by Crippen LogP contribution is -2.54. The first-order valence-electron chi connectivity index (χ1n) is 7.43. The number of carbonyl (C=O) groups is 3. The number of imide groups is 1. The van der Waals surface area contributed by atoms with Crippen molar-refractivity contribution < 1.29 is 23.9 Å². The van der Waals surface area contributed by atoms with Crippen molar-refractivity contribution in [3.8, 4) is 5.88 Å². The zero-order chi connectivity index (χ0) is 16.4. The molecule has 122 valence electrons. The van der Waals surface area contributed by atoms with Crippen molar-refractivity contribution in [2.24, 2.45) is 5.92 Å². The number of aromatic nitrogens is 1. The van der Waals surface area contributed by atoms with E-state index in [1.807, 2.05) is 6.92 Å². The van der Waals surface area contributed by atoms with Gasteiger partial charge in [-0.2, -0.15) is 0 Å². The molecule has 1 aromatic heterocycles. The molecule has 3 amide bonds. The number of pyridine rings is 1. The fraction of sp³-hybridized carbons (Fsp3) is 0.467. The van der Waals surface area contributed by atoms with E-state index in [0.717, 1.165) is 4.90 Å². The minimum atomic E-state index is -0.601. The highest BCUT2D eigenvalue weighted by Crippen LogP contribution is 2.21. The Labute approximate surface area is 133 Å². The van der Waals surface area contributed by atoms with E-state index in [-0.39, 0.29) is 24.3 Å². The lowest BCUT2D eigenvalue weighted by atomic mass is 9.98. The van der Waals surface area contributed by atoms with Crippen molar-refractivity contribution in [3.63, 3.8) is 0 Å². The van der Waals surface area contributed by atoms with Crippen LogP contribution in [0.5, 0.6) is 5.88 Å². The highest BCUT2D eigenvalue weighted by atomic mass is 16.6. The van der Waals surface area contributed by atoms with E-state index in [1.54, 1.807) is 17.0 Å². The molecule has 8 heteroatoms. The van der Waals surface area contributed by atoms with Gasteiger partial charge in [-0.15, -0.1) is 0 Å². The molecule has 8 nitrogen and oxygen atoms in total. The number of likely N-dealkylation sites (tertiary alicyclic amines) is 1. The Bertz CT molecular complexity index is 609. The van der Waals surface area contributed by atoms with Crippen LogP contribution in [-0.4, -0.2) is 65.5 Å². The zero-order valence-electron chi connectivity index (χ0n) is 12.7. The molecule has 0 aromatic carbocycles. The average Bonchev–Trinajstić information content (AvgIpc) is 2.82. The molecule has 2 fully saturated rings. The van der Waals surface area contributed by atoms with Gasteiger partial charge in [-0.1, -0.05) is 0 Å². The first-order chi connectivity index (χ1) is 11.1. The fourth-order valence-electron chi connectivity index (χ4n) is 2.59. The Morgan fingerprint density at radius 3 is 2.74 bits per heavy atom. The summed E-state index contributed by atoms with van der Waals surface area (Å²) in [5.74, 6) is 0.128. The molecule has 3 heterocycles. The van der Waals surface area contributed by atoms with Crippen LogP contribution in [-0.2, 0) is 9.53 Å². The number of carbonyl (C=O) groups excluding carboxylic acids is 3. The first kappa shape index (κ1) is 15.3. The number of hydrogen-bond acceptors (Lipinski definition) is 6. The predicted molar refractivity (Wildman–Crippen MR) is 77.9 cm³/mol. The summed E-state index contributed by atoms with van der Waals surface area (Å²) in [6.45, 7) is 3.49. The van der Waals surface area contributed by atoms with E-state index in [2.05, 4.69) is 9.72 Å². The number of nitrogens with zero attached hydrogens (tertiary/aromatic N) is 3. The van der Waals surface area contributed by atoms with Crippen molar-refractivity contribution >= 4 is 17.9 Å². The Kier molecular flexibility index (Phi) is 4.14. The number of rotatable bonds is 5. The second-order valence-electron chi connectivity index (χ2n) is 5.45. The molecule has 0 unspecified atom stereocenters. The smallest absolute Gasteiger partial charge is 0.417 e. The van der Waals surface area contributed by atoms with Gasteiger partial charge in [0.05, 0.1) is 12.2 Å². The molecule has 2 saturated heterocycles. The monoisotopic (exact) mass is 319 g/mol. The maximum Gasteiger partial charge on any atom is 0.417 e. The largest absolute Gasteiger partial charge is 0.478 e. The molecule has 3 rings (SSSR count). The molecular weight excluding hydrogens is 302 g/mol. The van der Waals surface area contributed by atoms with Crippen molar-refractivity contribution in [2.75, 3.05) is 32.8 Å². The quantitative estimate of drug-likeness (QED) is 0.786. The normalized spacial score (nSPS) is 18.0. The molecule has 0 radical (unpaired) electrons. The Morgan fingerprint density at radius 2 is 2.17 bits per heavy atom. The summed E-state index contributed by atoms with van der Waals surface area (Å²) in [7, 11) is 0. The summed E-state index contributed by atoms with van der Waals surface area (Å²) in [5.41, 5.74) is 0.489. The van der Waals surface area contributed by atoms with Gasteiger partial charge in [0, 0.05) is 37.8 Å². The first-order valence-corrected chi connectivity index (χ1v) is 7.43. The van der Waals surface area contributed by atoms with Gasteiger partial charge in [-0.3, -0.25) is 9.59 Å². The Hall–Kier alpha value is -2.64. The second kappa shape index (κ2) is 6.23. The van der Waals surface area contributed by atoms with Gasteiger partial charge in [0.1, 0.15) is 0 Å². The molecule has 1 aromatic rings. The molecule has 0 bridgehead atoms. The van der Waals surface area contributed by atoms with Gasteiger partial charge in [-0.05, 0) is 13.0 Å². The molecular formula is C15H17N3O5. The van der Waals surface area contributed by atoms with Crippen LogP contribution in [0.4, 0.5) is 4.79 Å². The lowest BCUT2D eigenvalue weighted by Gasteiger charge is -2.40. The molecule has 0 N–H and O–H groups in total. The summed E-state index contributed by atoms with van der Waals surface area (Å²) in [6.07, 6.45) is 0.887. The van der Waals surface area contributed by atoms with Crippen LogP contribution < -0.4 is 4.74 Å². The van der Waals surface area contributed by atoms with Crippen molar-refractivity contribution in [1.29, 1.82) is 0 Å². The highest BCUT2D eigenvalue weighted by molar-refractivity contribution is 5.98. The van der Waals surface area contributed by atoms with Crippen molar-refractivity contribution in [2.45, 2.75) is 6.92 Å². The topological polar surface area (TPSA) is 89.0 Å². The fourth-order valence-corrected chi connectivity index (χ4v) is 2.59. The average molecular weight is 319 g/mol. The SMILES string of the molecule is CCOc1ccc(C(=O)N2CC(CN3C(=O)COC3=O)C2)cn1. The zero-order valence-corrected chi connectivity index (χ0v) is 12.7. The molecule has 0 saturated carbocycles. The summed E-state index contributed by atoms with van der Waals surface area (Å²) < 4.78 is 9.89. The van der Waals surface area contributed by atoms with Crippen LogP contribution in [0.1, 0.15) is 17.3 Å². The van der Waals surface area contributed by atoms with Gasteiger partial charge in [0.2, 0.25) is 5.88 Å². The van der Waals surface area contributed by atoms with Crippen LogP contribution in [0.3, 0.4) is 0 Å².